The van der Waals surface area contributed by atoms with Gasteiger partial charge in [0.1, 0.15) is 5.82 Å². The molecule has 2 aliphatic heterocycles. The van der Waals surface area contributed by atoms with E-state index in [4.69, 9.17) is 4.98 Å². The predicted molar refractivity (Wildman–Crippen MR) is 88.7 cm³/mol. The molecule has 104 valence electrons. The van der Waals surface area contributed by atoms with E-state index in [1.807, 2.05) is 0 Å². The maximum Gasteiger partial charge on any atom is 0.140 e. The molecule has 0 bridgehead atoms. The lowest BCUT2D eigenvalue weighted by atomic mass is 10.1. The first-order chi connectivity index (χ1) is 9.36. The Balaban J connectivity index is 0.00000147. The highest BCUT2D eigenvalue weighted by Crippen LogP contribution is 2.22. The maximum absolute atomic E-state index is 4.71. The van der Waals surface area contributed by atoms with Crippen LogP contribution in [0.5, 0.6) is 0 Å². The molecule has 0 aliphatic carbocycles. The van der Waals surface area contributed by atoms with Crippen molar-refractivity contribution in [1.82, 2.24) is 9.55 Å². The first-order valence-electron chi connectivity index (χ1n) is 6.85. The van der Waals surface area contributed by atoms with E-state index in [2.05, 4.69) is 66.2 Å². The molecular formula is C17H19BrN2. The van der Waals surface area contributed by atoms with Gasteiger partial charge < -0.3 is 4.57 Å². The zero-order valence-electron chi connectivity index (χ0n) is 11.6. The molecule has 1 aromatic rings. The number of fused-ring (bicyclic) bond motifs is 1. The number of aromatic nitrogens is 2. The van der Waals surface area contributed by atoms with E-state index in [0.717, 1.165) is 25.2 Å². The molecule has 20 heavy (non-hydrogen) atoms. The number of hydrogen-bond donors (Lipinski definition) is 0. The first-order valence-corrected chi connectivity index (χ1v) is 6.85. The third kappa shape index (κ3) is 3.10. The van der Waals surface area contributed by atoms with Gasteiger partial charge in [-0.2, -0.15) is 0 Å². The van der Waals surface area contributed by atoms with Crippen LogP contribution in [0.1, 0.15) is 18.2 Å². The molecule has 3 heteroatoms. The smallest absolute Gasteiger partial charge is 0.140 e. The van der Waals surface area contributed by atoms with Crippen LogP contribution < -0.4 is 0 Å². The van der Waals surface area contributed by atoms with Crippen LogP contribution in [-0.4, -0.2) is 9.55 Å². The van der Waals surface area contributed by atoms with Crippen molar-refractivity contribution in [3.8, 4) is 11.4 Å². The average Bonchev–Trinajstić information content (AvgIpc) is 2.90. The Morgan fingerprint density at radius 1 is 1.05 bits per heavy atom. The molecule has 0 atom stereocenters. The summed E-state index contributed by atoms with van der Waals surface area (Å²) in [6, 6.07) is 17.0. The lowest BCUT2D eigenvalue weighted by Crippen LogP contribution is -2.05. The van der Waals surface area contributed by atoms with Gasteiger partial charge in [0.05, 0.1) is 0 Å². The molecule has 0 unspecified atom stereocenters. The normalized spacial score (nSPS) is 10.4. The summed E-state index contributed by atoms with van der Waals surface area (Å²) < 4.78 is 2.25. The van der Waals surface area contributed by atoms with Crippen LogP contribution in [0.2, 0.25) is 0 Å². The van der Waals surface area contributed by atoms with E-state index in [1.165, 1.54) is 16.8 Å². The van der Waals surface area contributed by atoms with E-state index in [-0.39, 0.29) is 17.0 Å². The lowest BCUT2D eigenvalue weighted by Gasteiger charge is -2.11. The highest BCUT2D eigenvalue weighted by Gasteiger charge is 2.10. The average molecular weight is 331 g/mol. The van der Waals surface area contributed by atoms with Gasteiger partial charge in [-0.15, -0.1) is 17.0 Å². The van der Waals surface area contributed by atoms with Gasteiger partial charge in [0.25, 0.3) is 0 Å². The molecule has 1 aromatic carbocycles. The van der Waals surface area contributed by atoms with Crippen LogP contribution in [0.25, 0.3) is 11.4 Å². The summed E-state index contributed by atoms with van der Waals surface area (Å²) in [6.07, 6.45) is 4.16. The number of hydrogen-bond acceptors (Lipinski definition) is 1. The Labute approximate surface area is 130 Å². The molecule has 2 heterocycles. The van der Waals surface area contributed by atoms with Crippen molar-refractivity contribution in [3.05, 3.63) is 66.0 Å². The molecule has 0 saturated heterocycles. The van der Waals surface area contributed by atoms with Gasteiger partial charge in [0.15, 0.2) is 0 Å². The number of pyridine rings is 1. The van der Waals surface area contributed by atoms with Gasteiger partial charge in [0, 0.05) is 24.0 Å². The highest BCUT2D eigenvalue weighted by atomic mass is 79.9. The maximum atomic E-state index is 4.71. The fourth-order valence-corrected chi connectivity index (χ4v) is 2.41. The van der Waals surface area contributed by atoms with Gasteiger partial charge in [-0.1, -0.05) is 37.3 Å². The van der Waals surface area contributed by atoms with Crippen LogP contribution in [-0.2, 0) is 19.4 Å². The minimum atomic E-state index is 0. The summed E-state index contributed by atoms with van der Waals surface area (Å²) in [5.74, 6) is 1.11. The summed E-state index contributed by atoms with van der Waals surface area (Å²) in [6.45, 7) is 3.12. The van der Waals surface area contributed by atoms with Crippen molar-refractivity contribution in [2.75, 3.05) is 0 Å². The number of halogens is 1. The number of benzene rings is 1. The molecule has 0 amide bonds. The summed E-state index contributed by atoms with van der Waals surface area (Å²) in [4.78, 5) is 4.71. The number of aryl methyl sites for hydroxylation is 3. The number of nitrogens with zero attached hydrogens (tertiary/aromatic N) is 2. The fourth-order valence-electron chi connectivity index (χ4n) is 2.41. The molecule has 0 fully saturated rings. The van der Waals surface area contributed by atoms with Crippen LogP contribution in [0, 0.1) is 0 Å². The minimum Gasteiger partial charge on any atom is -0.332 e. The van der Waals surface area contributed by atoms with Gasteiger partial charge in [0.2, 0.25) is 0 Å². The van der Waals surface area contributed by atoms with Gasteiger partial charge in [-0.25, -0.2) is 4.98 Å². The third-order valence-corrected chi connectivity index (χ3v) is 3.49. The Morgan fingerprint density at radius 3 is 2.60 bits per heavy atom. The van der Waals surface area contributed by atoms with Crippen LogP contribution in [0.3, 0.4) is 0 Å². The summed E-state index contributed by atoms with van der Waals surface area (Å²) in [5.41, 5.74) is 3.79. The molecule has 0 radical (unpaired) electrons. The molecule has 0 saturated carbocycles. The second-order valence-electron chi connectivity index (χ2n) is 4.82. The minimum absolute atomic E-state index is 0. The van der Waals surface area contributed by atoms with Gasteiger partial charge in [-0.3, -0.25) is 0 Å². The molecular weight excluding hydrogens is 312 g/mol. The Morgan fingerprint density at radius 2 is 1.85 bits per heavy atom. The van der Waals surface area contributed by atoms with Crippen molar-refractivity contribution >= 4 is 17.0 Å². The summed E-state index contributed by atoms with van der Waals surface area (Å²) in [5, 5.41) is 0. The molecule has 0 N–H and O–H groups in total. The molecule has 2 aliphatic rings. The van der Waals surface area contributed by atoms with Gasteiger partial charge >= 0.3 is 0 Å². The quantitative estimate of drug-likeness (QED) is 0.694. The van der Waals surface area contributed by atoms with E-state index < -0.39 is 0 Å². The standard InChI is InChI=1S/C17H18N2.BrH/c1-2-16-13-15-9-6-11-19(17(15)18-16)12-10-14-7-4-3-5-8-14;/h3-9,11,13H,2,10,12H2,1H3;1H. The summed E-state index contributed by atoms with van der Waals surface area (Å²) >= 11 is 0. The molecule has 0 aromatic heterocycles. The Bertz CT molecular complexity index is 631. The van der Waals surface area contributed by atoms with Crippen molar-refractivity contribution in [2.45, 2.75) is 26.3 Å². The van der Waals surface area contributed by atoms with Crippen LogP contribution in [0.15, 0.2) is 54.7 Å². The molecule has 2 nitrogen and oxygen atoms in total. The van der Waals surface area contributed by atoms with E-state index in [9.17, 15) is 0 Å². The van der Waals surface area contributed by atoms with E-state index in [1.54, 1.807) is 0 Å². The van der Waals surface area contributed by atoms with Crippen molar-refractivity contribution in [2.24, 2.45) is 0 Å². The lowest BCUT2D eigenvalue weighted by molar-refractivity contribution is 0.688. The van der Waals surface area contributed by atoms with E-state index >= 15 is 0 Å². The Kier molecular flexibility index (Phi) is 4.96. The third-order valence-electron chi connectivity index (χ3n) is 3.49. The van der Waals surface area contributed by atoms with Crippen molar-refractivity contribution in [1.29, 1.82) is 0 Å². The van der Waals surface area contributed by atoms with Crippen molar-refractivity contribution < 1.29 is 0 Å². The van der Waals surface area contributed by atoms with E-state index in [0.29, 0.717) is 0 Å². The van der Waals surface area contributed by atoms with Crippen LogP contribution >= 0.6 is 17.0 Å². The zero-order valence-corrected chi connectivity index (χ0v) is 13.3. The second-order valence-corrected chi connectivity index (χ2v) is 4.82. The monoisotopic (exact) mass is 330 g/mol. The number of rotatable bonds is 4. The topological polar surface area (TPSA) is 17.8 Å². The Hall–Kier alpha value is -1.61. The first kappa shape index (κ1) is 14.8. The largest absolute Gasteiger partial charge is 0.332 e. The molecule has 3 rings (SSSR count). The highest BCUT2D eigenvalue weighted by molar-refractivity contribution is 8.93. The predicted octanol–water partition coefficient (Wildman–Crippen LogP) is 4.37. The van der Waals surface area contributed by atoms with Crippen LogP contribution in [0.4, 0.5) is 0 Å². The SMILES string of the molecule is Br.CCc1cc2cccn(CCc3ccccc3)c-2n1. The second kappa shape index (κ2) is 6.71. The fraction of sp³-hybridized carbons (Fsp3) is 0.235. The van der Waals surface area contributed by atoms with Gasteiger partial charge in [-0.05, 0) is 36.6 Å². The zero-order chi connectivity index (χ0) is 13.1. The summed E-state index contributed by atoms with van der Waals surface area (Å²) in [7, 11) is 0. The van der Waals surface area contributed by atoms with Crippen molar-refractivity contribution in [3.63, 3.8) is 0 Å². The molecule has 0 spiro atoms.